The monoisotopic (exact) mass is 322 g/mol. The Kier molecular flexibility index (Phi) is 4.92. The standard InChI is InChI=1S/C21H22OS/c1-4-5-16-13-17-14-19(23-3)10-11-20(17)21(16)12-15-6-8-18(22-2)9-7-15/h6-14H,4-5H2,1-3H3. The molecule has 2 aromatic carbocycles. The summed E-state index contributed by atoms with van der Waals surface area (Å²) in [6.07, 6.45) is 9.06. The SMILES string of the molecule is CCCC1=Cc2cc(SC)ccc2C1=Cc1ccc(OC)cc1. The van der Waals surface area contributed by atoms with E-state index in [4.69, 9.17) is 4.74 Å². The molecule has 118 valence electrons. The Morgan fingerprint density at radius 1 is 1.09 bits per heavy atom. The van der Waals surface area contributed by atoms with E-state index in [0.29, 0.717) is 0 Å². The smallest absolute Gasteiger partial charge is 0.118 e. The molecule has 0 amide bonds. The minimum Gasteiger partial charge on any atom is -0.497 e. The van der Waals surface area contributed by atoms with Crippen molar-refractivity contribution in [3.8, 4) is 5.75 Å². The molecule has 23 heavy (non-hydrogen) atoms. The zero-order valence-corrected chi connectivity index (χ0v) is 14.7. The molecule has 3 rings (SSSR count). The minimum absolute atomic E-state index is 0.896. The van der Waals surface area contributed by atoms with Crippen LogP contribution >= 0.6 is 11.8 Å². The molecule has 1 aliphatic carbocycles. The summed E-state index contributed by atoms with van der Waals surface area (Å²) in [6.45, 7) is 2.24. The van der Waals surface area contributed by atoms with Gasteiger partial charge in [-0.05, 0) is 70.9 Å². The number of methoxy groups -OCH3 is 1. The molecule has 0 unspecified atom stereocenters. The highest BCUT2D eigenvalue weighted by atomic mass is 32.2. The number of hydrogen-bond acceptors (Lipinski definition) is 2. The number of fused-ring (bicyclic) bond motifs is 1. The van der Waals surface area contributed by atoms with Crippen LogP contribution in [0.25, 0.3) is 17.7 Å². The van der Waals surface area contributed by atoms with Gasteiger partial charge >= 0.3 is 0 Å². The van der Waals surface area contributed by atoms with Crippen LogP contribution in [0.15, 0.2) is 52.9 Å². The lowest BCUT2D eigenvalue weighted by atomic mass is 9.97. The first-order chi connectivity index (χ1) is 11.2. The lowest BCUT2D eigenvalue weighted by molar-refractivity contribution is 0.415. The second-order valence-electron chi connectivity index (χ2n) is 5.70. The van der Waals surface area contributed by atoms with Gasteiger partial charge in [-0.25, -0.2) is 0 Å². The fourth-order valence-electron chi connectivity index (χ4n) is 2.98. The third-order valence-electron chi connectivity index (χ3n) is 4.17. The summed E-state index contributed by atoms with van der Waals surface area (Å²) in [5, 5.41) is 0. The van der Waals surface area contributed by atoms with Crippen LogP contribution in [0, 0.1) is 0 Å². The van der Waals surface area contributed by atoms with Crippen molar-refractivity contribution in [1.82, 2.24) is 0 Å². The second kappa shape index (κ2) is 7.10. The largest absolute Gasteiger partial charge is 0.497 e. The van der Waals surface area contributed by atoms with Crippen LogP contribution in [0.1, 0.15) is 36.5 Å². The van der Waals surface area contributed by atoms with Crippen molar-refractivity contribution < 1.29 is 4.74 Å². The highest BCUT2D eigenvalue weighted by molar-refractivity contribution is 7.98. The van der Waals surface area contributed by atoms with Crippen LogP contribution in [-0.4, -0.2) is 13.4 Å². The number of ether oxygens (including phenoxy) is 1. The van der Waals surface area contributed by atoms with Gasteiger partial charge in [-0.2, -0.15) is 0 Å². The molecular weight excluding hydrogens is 300 g/mol. The number of hydrogen-bond donors (Lipinski definition) is 0. The van der Waals surface area contributed by atoms with Crippen LogP contribution in [-0.2, 0) is 0 Å². The predicted molar refractivity (Wildman–Crippen MR) is 102 cm³/mol. The van der Waals surface area contributed by atoms with E-state index in [1.165, 1.54) is 32.7 Å². The van der Waals surface area contributed by atoms with E-state index >= 15 is 0 Å². The summed E-state index contributed by atoms with van der Waals surface area (Å²) >= 11 is 1.80. The topological polar surface area (TPSA) is 9.23 Å². The molecule has 1 aliphatic rings. The molecule has 0 aliphatic heterocycles. The zero-order valence-electron chi connectivity index (χ0n) is 13.9. The number of benzene rings is 2. The Balaban J connectivity index is 2.02. The molecule has 0 atom stereocenters. The van der Waals surface area contributed by atoms with E-state index in [-0.39, 0.29) is 0 Å². The van der Waals surface area contributed by atoms with Gasteiger partial charge in [0, 0.05) is 4.90 Å². The van der Waals surface area contributed by atoms with Crippen molar-refractivity contribution in [3.05, 3.63) is 64.7 Å². The number of allylic oxidation sites excluding steroid dienone is 2. The molecule has 0 bridgehead atoms. The fourth-order valence-corrected chi connectivity index (χ4v) is 3.43. The molecule has 0 saturated carbocycles. The Morgan fingerprint density at radius 3 is 2.52 bits per heavy atom. The molecular formula is C21H22OS. The van der Waals surface area contributed by atoms with Crippen molar-refractivity contribution >= 4 is 29.5 Å². The Labute approximate surface area is 143 Å². The Morgan fingerprint density at radius 2 is 1.87 bits per heavy atom. The Bertz CT molecular complexity index is 754. The van der Waals surface area contributed by atoms with Crippen LogP contribution in [0.5, 0.6) is 5.75 Å². The molecule has 1 nitrogen and oxygen atoms in total. The van der Waals surface area contributed by atoms with E-state index in [1.54, 1.807) is 18.9 Å². The van der Waals surface area contributed by atoms with Crippen molar-refractivity contribution in [1.29, 1.82) is 0 Å². The maximum Gasteiger partial charge on any atom is 0.118 e. The molecule has 0 heterocycles. The van der Waals surface area contributed by atoms with Crippen molar-refractivity contribution in [2.24, 2.45) is 0 Å². The third-order valence-corrected chi connectivity index (χ3v) is 4.90. The number of rotatable bonds is 5. The minimum atomic E-state index is 0.896. The summed E-state index contributed by atoms with van der Waals surface area (Å²) in [7, 11) is 1.70. The fraction of sp³-hybridized carbons (Fsp3) is 0.238. The summed E-state index contributed by atoms with van der Waals surface area (Å²) in [5.74, 6) is 0.896. The van der Waals surface area contributed by atoms with E-state index in [9.17, 15) is 0 Å². The van der Waals surface area contributed by atoms with Crippen LogP contribution < -0.4 is 4.74 Å². The molecule has 0 radical (unpaired) electrons. The van der Waals surface area contributed by atoms with Crippen LogP contribution in [0.3, 0.4) is 0 Å². The zero-order chi connectivity index (χ0) is 16.2. The molecule has 0 saturated heterocycles. The first-order valence-electron chi connectivity index (χ1n) is 8.00. The van der Waals surface area contributed by atoms with Gasteiger partial charge in [0.15, 0.2) is 0 Å². The maximum atomic E-state index is 5.25. The first-order valence-corrected chi connectivity index (χ1v) is 9.22. The number of thioether (sulfide) groups is 1. The summed E-state index contributed by atoms with van der Waals surface area (Å²) in [5.41, 5.74) is 6.71. The molecule has 0 spiro atoms. The van der Waals surface area contributed by atoms with Gasteiger partial charge in [0.25, 0.3) is 0 Å². The maximum absolute atomic E-state index is 5.25. The van der Waals surface area contributed by atoms with Gasteiger partial charge in [0.05, 0.1) is 7.11 Å². The average Bonchev–Trinajstić information content (AvgIpc) is 2.92. The van der Waals surface area contributed by atoms with Crippen LogP contribution in [0.4, 0.5) is 0 Å². The van der Waals surface area contributed by atoms with Gasteiger partial charge in [0.1, 0.15) is 5.75 Å². The molecule has 0 fully saturated rings. The van der Waals surface area contributed by atoms with Crippen molar-refractivity contribution in [2.45, 2.75) is 24.7 Å². The van der Waals surface area contributed by atoms with Crippen molar-refractivity contribution in [3.63, 3.8) is 0 Å². The summed E-state index contributed by atoms with van der Waals surface area (Å²) in [6, 6.07) is 15.0. The average molecular weight is 322 g/mol. The quantitative estimate of drug-likeness (QED) is 0.610. The summed E-state index contributed by atoms with van der Waals surface area (Å²) in [4.78, 5) is 1.32. The van der Waals surface area contributed by atoms with E-state index in [2.05, 4.69) is 55.7 Å². The van der Waals surface area contributed by atoms with E-state index in [0.717, 1.165) is 18.6 Å². The highest BCUT2D eigenvalue weighted by Crippen LogP contribution is 2.40. The van der Waals surface area contributed by atoms with Gasteiger partial charge < -0.3 is 4.74 Å². The molecule has 0 N–H and O–H groups in total. The highest BCUT2D eigenvalue weighted by Gasteiger charge is 2.18. The van der Waals surface area contributed by atoms with E-state index in [1.807, 2.05) is 12.1 Å². The lowest BCUT2D eigenvalue weighted by Gasteiger charge is -2.08. The third kappa shape index (κ3) is 3.37. The molecule has 2 aromatic rings. The van der Waals surface area contributed by atoms with Gasteiger partial charge in [-0.1, -0.05) is 37.6 Å². The molecule has 2 heteroatoms. The normalized spacial score (nSPS) is 14.7. The second-order valence-corrected chi connectivity index (χ2v) is 6.58. The first kappa shape index (κ1) is 15.9. The Hall–Kier alpha value is -1.93. The van der Waals surface area contributed by atoms with Gasteiger partial charge in [-0.15, -0.1) is 11.8 Å². The van der Waals surface area contributed by atoms with Crippen LogP contribution in [0.2, 0.25) is 0 Å². The predicted octanol–water partition coefficient (Wildman–Crippen LogP) is 6.15. The molecule has 0 aromatic heterocycles. The van der Waals surface area contributed by atoms with Gasteiger partial charge in [-0.3, -0.25) is 0 Å². The lowest BCUT2D eigenvalue weighted by Crippen LogP contribution is -1.87. The van der Waals surface area contributed by atoms with Gasteiger partial charge in [0.2, 0.25) is 0 Å². The van der Waals surface area contributed by atoms with Crippen molar-refractivity contribution in [2.75, 3.05) is 13.4 Å². The summed E-state index contributed by atoms with van der Waals surface area (Å²) < 4.78 is 5.25. The van der Waals surface area contributed by atoms with E-state index < -0.39 is 0 Å².